The van der Waals surface area contributed by atoms with Crippen LogP contribution in [0.25, 0.3) is 10.2 Å². The Balaban J connectivity index is 1.97. The molecule has 1 aromatic carbocycles. The zero-order valence-electron chi connectivity index (χ0n) is 13.7. The molecule has 0 saturated heterocycles. The third-order valence-corrected chi connectivity index (χ3v) is 5.17. The number of fused-ring (bicyclic) bond motifs is 1. The molecule has 21 heavy (non-hydrogen) atoms. The van der Waals surface area contributed by atoms with Gasteiger partial charge in [-0.1, -0.05) is 64.5 Å². The molecular formula is C19H29NS. The lowest BCUT2D eigenvalue weighted by molar-refractivity contribution is 0.664. The molecule has 1 aromatic heterocycles. The summed E-state index contributed by atoms with van der Waals surface area (Å²) in [7, 11) is 0. The maximum Gasteiger partial charge on any atom is 0.0938 e. The summed E-state index contributed by atoms with van der Waals surface area (Å²) in [6.07, 6.45) is 13.0. The van der Waals surface area contributed by atoms with E-state index in [1.807, 2.05) is 11.3 Å². The van der Waals surface area contributed by atoms with E-state index in [1.165, 1.54) is 78.6 Å². The Kier molecular flexibility index (Phi) is 7.21. The summed E-state index contributed by atoms with van der Waals surface area (Å²) in [6.45, 7) is 4.54. The van der Waals surface area contributed by atoms with Gasteiger partial charge in [-0.15, -0.1) is 11.3 Å². The third-order valence-electron chi connectivity index (χ3n) is 4.09. The molecule has 0 fully saturated rings. The van der Waals surface area contributed by atoms with E-state index in [0.717, 1.165) is 6.42 Å². The van der Waals surface area contributed by atoms with Gasteiger partial charge in [-0.25, -0.2) is 4.98 Å². The van der Waals surface area contributed by atoms with Crippen LogP contribution in [0.5, 0.6) is 0 Å². The number of aromatic nitrogens is 1. The van der Waals surface area contributed by atoms with Crippen LogP contribution in [0.3, 0.4) is 0 Å². The molecule has 116 valence electrons. The van der Waals surface area contributed by atoms with Crippen LogP contribution in [0.4, 0.5) is 0 Å². The largest absolute Gasteiger partial charge is 0.241 e. The number of benzene rings is 1. The Morgan fingerprint density at radius 2 is 1.57 bits per heavy atom. The molecule has 0 radical (unpaired) electrons. The highest BCUT2D eigenvalue weighted by molar-refractivity contribution is 7.18. The van der Waals surface area contributed by atoms with Crippen molar-refractivity contribution in [3.05, 3.63) is 28.8 Å². The highest BCUT2D eigenvalue weighted by atomic mass is 32.1. The summed E-state index contributed by atoms with van der Waals surface area (Å²) in [6, 6.07) is 6.71. The van der Waals surface area contributed by atoms with Gasteiger partial charge >= 0.3 is 0 Å². The lowest BCUT2D eigenvalue weighted by Crippen LogP contribution is -1.89. The standard InChI is InChI=1S/C19H29NS/c1-3-5-7-9-12-16-13-11-14-17-19(16)20-18(21-17)15-10-8-6-4-2/h11,13-14H,3-10,12,15H2,1-2H3. The maximum atomic E-state index is 4.93. The molecule has 0 saturated carbocycles. The molecule has 0 aliphatic carbocycles. The van der Waals surface area contributed by atoms with Crippen molar-refractivity contribution in [2.24, 2.45) is 0 Å². The predicted octanol–water partition coefficient (Wildman–Crippen LogP) is 6.54. The zero-order valence-corrected chi connectivity index (χ0v) is 14.5. The minimum atomic E-state index is 1.16. The van der Waals surface area contributed by atoms with Crippen LogP contribution >= 0.6 is 11.3 Å². The summed E-state index contributed by atoms with van der Waals surface area (Å²) in [4.78, 5) is 4.93. The second-order valence-electron chi connectivity index (χ2n) is 5.99. The van der Waals surface area contributed by atoms with Crippen molar-refractivity contribution in [3.63, 3.8) is 0 Å². The Bertz CT molecular complexity index is 529. The molecule has 0 aliphatic heterocycles. The molecule has 2 heteroatoms. The Labute approximate surface area is 133 Å². The molecule has 0 unspecified atom stereocenters. The lowest BCUT2D eigenvalue weighted by atomic mass is 10.1. The first-order valence-electron chi connectivity index (χ1n) is 8.72. The molecule has 0 spiro atoms. The van der Waals surface area contributed by atoms with E-state index in [0.29, 0.717) is 0 Å². The van der Waals surface area contributed by atoms with Crippen LogP contribution in [-0.2, 0) is 12.8 Å². The quantitative estimate of drug-likeness (QED) is 0.454. The Morgan fingerprint density at radius 1 is 0.857 bits per heavy atom. The van der Waals surface area contributed by atoms with Crippen molar-refractivity contribution in [2.75, 3.05) is 0 Å². The molecule has 0 N–H and O–H groups in total. The van der Waals surface area contributed by atoms with Crippen LogP contribution in [-0.4, -0.2) is 4.98 Å². The number of hydrogen-bond donors (Lipinski definition) is 0. The van der Waals surface area contributed by atoms with E-state index in [1.54, 1.807) is 0 Å². The molecule has 2 rings (SSSR count). The van der Waals surface area contributed by atoms with Crippen molar-refractivity contribution in [2.45, 2.75) is 78.1 Å². The molecule has 1 nitrogen and oxygen atoms in total. The van der Waals surface area contributed by atoms with Crippen LogP contribution < -0.4 is 0 Å². The van der Waals surface area contributed by atoms with Crippen molar-refractivity contribution in [3.8, 4) is 0 Å². The van der Waals surface area contributed by atoms with Crippen LogP contribution in [0.15, 0.2) is 18.2 Å². The first kappa shape index (κ1) is 16.5. The molecular weight excluding hydrogens is 274 g/mol. The van der Waals surface area contributed by atoms with Crippen molar-refractivity contribution in [1.82, 2.24) is 4.98 Å². The average Bonchev–Trinajstić information content (AvgIpc) is 2.92. The van der Waals surface area contributed by atoms with Gasteiger partial charge in [0.05, 0.1) is 15.2 Å². The van der Waals surface area contributed by atoms with Gasteiger partial charge in [-0.2, -0.15) is 0 Å². The zero-order chi connectivity index (χ0) is 14.9. The van der Waals surface area contributed by atoms with E-state index in [9.17, 15) is 0 Å². The minimum absolute atomic E-state index is 1.16. The van der Waals surface area contributed by atoms with Crippen LogP contribution in [0, 0.1) is 0 Å². The fourth-order valence-electron chi connectivity index (χ4n) is 2.81. The number of unbranched alkanes of at least 4 members (excludes halogenated alkanes) is 6. The third kappa shape index (κ3) is 5.10. The SMILES string of the molecule is CCCCCCc1nc2c(CCCCCC)cccc2s1. The second kappa shape index (κ2) is 9.19. The van der Waals surface area contributed by atoms with Crippen LogP contribution in [0.2, 0.25) is 0 Å². The van der Waals surface area contributed by atoms with Crippen molar-refractivity contribution >= 4 is 21.6 Å². The van der Waals surface area contributed by atoms with Crippen LogP contribution in [0.1, 0.15) is 75.8 Å². The van der Waals surface area contributed by atoms with E-state index >= 15 is 0 Å². The van der Waals surface area contributed by atoms with Gasteiger partial charge in [0, 0.05) is 0 Å². The van der Waals surface area contributed by atoms with Gasteiger partial charge < -0.3 is 0 Å². The van der Waals surface area contributed by atoms with Gasteiger partial charge in [-0.05, 0) is 37.3 Å². The minimum Gasteiger partial charge on any atom is -0.241 e. The second-order valence-corrected chi connectivity index (χ2v) is 7.11. The van der Waals surface area contributed by atoms with Gasteiger partial charge in [0.2, 0.25) is 0 Å². The van der Waals surface area contributed by atoms with E-state index in [2.05, 4.69) is 32.0 Å². The monoisotopic (exact) mass is 303 g/mol. The molecule has 0 atom stereocenters. The van der Waals surface area contributed by atoms with E-state index in [-0.39, 0.29) is 0 Å². The summed E-state index contributed by atoms with van der Waals surface area (Å²) >= 11 is 1.90. The molecule has 2 aromatic rings. The number of aryl methyl sites for hydroxylation is 2. The van der Waals surface area contributed by atoms with Gasteiger partial charge in [0.15, 0.2) is 0 Å². The maximum absolute atomic E-state index is 4.93. The topological polar surface area (TPSA) is 12.9 Å². The fourth-order valence-corrected chi connectivity index (χ4v) is 3.86. The summed E-state index contributed by atoms with van der Waals surface area (Å²) in [5.74, 6) is 0. The lowest BCUT2D eigenvalue weighted by Gasteiger charge is -2.02. The van der Waals surface area contributed by atoms with Gasteiger partial charge in [0.1, 0.15) is 0 Å². The highest BCUT2D eigenvalue weighted by Gasteiger charge is 2.07. The predicted molar refractivity (Wildman–Crippen MR) is 95.3 cm³/mol. The molecule has 0 aliphatic rings. The smallest absolute Gasteiger partial charge is 0.0938 e. The molecule has 0 amide bonds. The average molecular weight is 304 g/mol. The van der Waals surface area contributed by atoms with Gasteiger partial charge in [-0.3, -0.25) is 0 Å². The number of nitrogens with zero attached hydrogens (tertiary/aromatic N) is 1. The van der Waals surface area contributed by atoms with E-state index in [4.69, 9.17) is 4.98 Å². The van der Waals surface area contributed by atoms with Crippen molar-refractivity contribution in [1.29, 1.82) is 0 Å². The summed E-state index contributed by atoms with van der Waals surface area (Å²) < 4.78 is 1.38. The number of hydrogen-bond acceptors (Lipinski definition) is 2. The fraction of sp³-hybridized carbons (Fsp3) is 0.632. The Hall–Kier alpha value is -0.890. The number of rotatable bonds is 10. The summed E-state index contributed by atoms with van der Waals surface area (Å²) in [5, 5.41) is 1.34. The Morgan fingerprint density at radius 3 is 2.29 bits per heavy atom. The normalized spacial score (nSPS) is 11.3. The summed E-state index contributed by atoms with van der Waals surface area (Å²) in [5.41, 5.74) is 2.74. The first-order valence-corrected chi connectivity index (χ1v) is 9.54. The highest BCUT2D eigenvalue weighted by Crippen LogP contribution is 2.27. The molecule has 0 bridgehead atoms. The van der Waals surface area contributed by atoms with Gasteiger partial charge in [0.25, 0.3) is 0 Å². The molecule has 1 heterocycles. The van der Waals surface area contributed by atoms with E-state index < -0.39 is 0 Å². The number of para-hydroxylation sites is 1. The first-order chi connectivity index (χ1) is 10.3. The van der Waals surface area contributed by atoms with Crippen molar-refractivity contribution < 1.29 is 0 Å². The number of thiazole rings is 1.